The molecule has 1 fully saturated rings. The Morgan fingerprint density at radius 2 is 1.93 bits per heavy atom. The molecule has 0 saturated carbocycles. The van der Waals surface area contributed by atoms with Gasteiger partial charge in [0.1, 0.15) is 10.1 Å². The molecule has 1 saturated heterocycles. The van der Waals surface area contributed by atoms with E-state index in [-0.39, 0.29) is 11.7 Å². The minimum Gasteiger partial charge on any atom is -0.500 e. The van der Waals surface area contributed by atoms with Crippen LogP contribution in [0.5, 0.6) is 17.2 Å². The number of carbonyl (C=O) groups is 1. The number of aromatic hydroxyl groups is 1. The number of amides is 1. The lowest BCUT2D eigenvalue weighted by atomic mass is 10.1. The van der Waals surface area contributed by atoms with Gasteiger partial charge in [-0.2, -0.15) is 0 Å². The number of thioether (sulfide) groups is 1. The minimum atomic E-state index is -0.718. The lowest BCUT2D eigenvalue weighted by Crippen LogP contribution is -2.27. The maximum atomic E-state index is 12.8. The number of phenolic OH excluding ortho intramolecular Hbond substituents is 1. The smallest absolute Gasteiger partial charge is 0.315 e. The Bertz CT molecular complexity index is 1020. The molecular weight excluding hydrogens is 416 g/mol. The highest BCUT2D eigenvalue weighted by atomic mass is 32.2. The van der Waals surface area contributed by atoms with Crippen LogP contribution in [0.2, 0.25) is 0 Å². The number of nitrogens with zero attached hydrogens (tertiary/aromatic N) is 2. The molecule has 2 aromatic rings. The summed E-state index contributed by atoms with van der Waals surface area (Å²) in [5.41, 5.74) is 0.714. The summed E-state index contributed by atoms with van der Waals surface area (Å²) in [4.78, 5) is 25.0. The van der Waals surface area contributed by atoms with Crippen LogP contribution in [0.3, 0.4) is 0 Å². The van der Waals surface area contributed by atoms with Crippen LogP contribution >= 0.6 is 24.0 Å². The summed E-state index contributed by atoms with van der Waals surface area (Å²) >= 11 is 6.43. The van der Waals surface area contributed by atoms with Gasteiger partial charge in [0.25, 0.3) is 5.91 Å². The number of methoxy groups -OCH3 is 2. The molecule has 0 spiro atoms. The van der Waals surface area contributed by atoms with Crippen molar-refractivity contribution in [3.63, 3.8) is 0 Å². The van der Waals surface area contributed by atoms with Crippen molar-refractivity contribution < 1.29 is 24.3 Å². The number of nitro benzene ring substituents is 1. The second kappa shape index (κ2) is 8.50. The van der Waals surface area contributed by atoms with E-state index in [0.717, 1.165) is 17.3 Å². The van der Waals surface area contributed by atoms with Crippen LogP contribution in [0.15, 0.2) is 41.3 Å². The average Bonchev–Trinajstić information content (AvgIpc) is 2.96. The van der Waals surface area contributed by atoms with Gasteiger partial charge in [-0.05, 0) is 35.4 Å². The zero-order valence-corrected chi connectivity index (χ0v) is 17.1. The molecule has 1 N–H and O–H groups in total. The molecule has 1 aliphatic heterocycles. The summed E-state index contributed by atoms with van der Waals surface area (Å²) in [6.07, 6.45) is 1.49. The van der Waals surface area contributed by atoms with E-state index in [4.69, 9.17) is 21.7 Å². The fraction of sp³-hybridized carbons (Fsp3) is 0.158. The monoisotopic (exact) mass is 432 g/mol. The van der Waals surface area contributed by atoms with Gasteiger partial charge in [-0.1, -0.05) is 36.1 Å². The standard InChI is InChI=1S/C19H16N2O6S2/c1-26-13-5-3-11(4-6-13)10-20-18(23)16(29-19(20)28)9-12-7-14(21(24)25)17(22)15(8-12)27-2/h3-9,22H,10H2,1-2H3. The molecule has 0 unspecified atom stereocenters. The Hall–Kier alpha value is -3.11. The second-order valence-corrected chi connectivity index (χ2v) is 7.64. The number of ether oxygens (including phenoxy) is 2. The van der Waals surface area contributed by atoms with Crippen molar-refractivity contribution in [2.24, 2.45) is 0 Å². The normalized spacial score (nSPS) is 15.1. The van der Waals surface area contributed by atoms with E-state index < -0.39 is 16.4 Å². The van der Waals surface area contributed by atoms with Gasteiger partial charge in [0.05, 0.1) is 30.6 Å². The van der Waals surface area contributed by atoms with E-state index in [9.17, 15) is 20.0 Å². The third kappa shape index (κ3) is 4.33. The van der Waals surface area contributed by atoms with Crippen molar-refractivity contribution in [2.75, 3.05) is 14.2 Å². The molecule has 1 aliphatic rings. The van der Waals surface area contributed by atoms with E-state index in [2.05, 4.69) is 0 Å². The van der Waals surface area contributed by atoms with Crippen molar-refractivity contribution in [3.8, 4) is 17.2 Å². The summed E-state index contributed by atoms with van der Waals surface area (Å²) in [7, 11) is 2.86. The Kier molecular flexibility index (Phi) is 6.04. The van der Waals surface area contributed by atoms with Gasteiger partial charge in [-0.25, -0.2) is 0 Å². The molecule has 0 aromatic heterocycles. The maximum absolute atomic E-state index is 12.8. The summed E-state index contributed by atoms with van der Waals surface area (Å²) in [5, 5.41) is 21.0. The van der Waals surface area contributed by atoms with Crippen molar-refractivity contribution in [2.45, 2.75) is 6.54 Å². The average molecular weight is 432 g/mol. The molecule has 8 nitrogen and oxygen atoms in total. The molecule has 0 aliphatic carbocycles. The van der Waals surface area contributed by atoms with Gasteiger partial charge in [0.2, 0.25) is 5.75 Å². The summed E-state index contributed by atoms with van der Waals surface area (Å²) < 4.78 is 10.5. The van der Waals surface area contributed by atoms with Gasteiger partial charge in [-0.3, -0.25) is 19.8 Å². The van der Waals surface area contributed by atoms with E-state index in [0.29, 0.717) is 27.1 Å². The zero-order valence-electron chi connectivity index (χ0n) is 15.4. The third-order valence-corrected chi connectivity index (χ3v) is 5.54. The van der Waals surface area contributed by atoms with Crippen molar-refractivity contribution in [1.82, 2.24) is 4.90 Å². The molecule has 0 bridgehead atoms. The summed E-state index contributed by atoms with van der Waals surface area (Å²) in [6, 6.07) is 9.87. The van der Waals surface area contributed by atoms with E-state index in [1.165, 1.54) is 30.2 Å². The summed E-state index contributed by atoms with van der Waals surface area (Å²) in [5.74, 6) is -0.215. The molecule has 1 heterocycles. The predicted molar refractivity (Wildman–Crippen MR) is 113 cm³/mol. The number of phenols is 1. The highest BCUT2D eigenvalue weighted by Crippen LogP contribution is 2.39. The Balaban J connectivity index is 1.87. The van der Waals surface area contributed by atoms with E-state index >= 15 is 0 Å². The number of hydrogen-bond donors (Lipinski definition) is 1. The predicted octanol–water partition coefficient (Wildman–Crippen LogP) is 3.72. The van der Waals surface area contributed by atoms with E-state index in [1.54, 1.807) is 19.2 Å². The molecule has 29 heavy (non-hydrogen) atoms. The van der Waals surface area contributed by atoms with Crippen LogP contribution in [0.25, 0.3) is 6.08 Å². The number of benzene rings is 2. The molecule has 10 heteroatoms. The molecule has 1 amide bonds. The highest BCUT2D eigenvalue weighted by molar-refractivity contribution is 8.26. The van der Waals surface area contributed by atoms with Gasteiger partial charge in [0, 0.05) is 6.07 Å². The van der Waals surface area contributed by atoms with Gasteiger partial charge in [0.15, 0.2) is 5.75 Å². The summed E-state index contributed by atoms with van der Waals surface area (Å²) in [6.45, 7) is 0.297. The number of hydrogen-bond acceptors (Lipinski definition) is 8. The van der Waals surface area contributed by atoms with Crippen molar-refractivity contribution in [3.05, 3.63) is 62.5 Å². The molecule has 0 radical (unpaired) electrons. The zero-order chi connectivity index (χ0) is 21.1. The minimum absolute atomic E-state index is 0.0563. The van der Waals surface area contributed by atoms with Crippen LogP contribution in [0.1, 0.15) is 11.1 Å². The SMILES string of the molecule is COc1ccc(CN2C(=O)C(=Cc3cc(OC)c(O)c([N+](=O)[O-])c3)SC2=S)cc1. The van der Waals surface area contributed by atoms with Gasteiger partial charge in [-0.15, -0.1) is 0 Å². The fourth-order valence-electron chi connectivity index (χ4n) is 2.69. The van der Waals surface area contributed by atoms with Gasteiger partial charge >= 0.3 is 5.69 Å². The van der Waals surface area contributed by atoms with Crippen molar-refractivity contribution >= 4 is 46.0 Å². The molecule has 0 atom stereocenters. The lowest BCUT2D eigenvalue weighted by molar-refractivity contribution is -0.386. The topological polar surface area (TPSA) is 102 Å². The van der Waals surface area contributed by atoms with Crippen LogP contribution < -0.4 is 9.47 Å². The van der Waals surface area contributed by atoms with Crippen molar-refractivity contribution in [1.29, 1.82) is 0 Å². The maximum Gasteiger partial charge on any atom is 0.315 e. The first-order valence-electron chi connectivity index (χ1n) is 8.27. The lowest BCUT2D eigenvalue weighted by Gasteiger charge is -2.14. The van der Waals surface area contributed by atoms with E-state index in [1.807, 2.05) is 12.1 Å². The Labute approximate surface area is 175 Å². The Morgan fingerprint density at radius 1 is 1.24 bits per heavy atom. The van der Waals surface area contributed by atoms with Crippen LogP contribution in [-0.2, 0) is 11.3 Å². The largest absolute Gasteiger partial charge is 0.500 e. The number of rotatable bonds is 6. The van der Waals surface area contributed by atoms with Crippen LogP contribution in [0, 0.1) is 10.1 Å². The number of carbonyl (C=O) groups excluding carboxylic acids is 1. The first-order valence-corrected chi connectivity index (χ1v) is 9.50. The van der Waals surface area contributed by atoms with Crippen LogP contribution in [-0.4, -0.2) is 39.4 Å². The number of thiocarbonyl (C=S) groups is 1. The second-order valence-electron chi connectivity index (χ2n) is 5.96. The molecular formula is C19H16N2O6S2. The third-order valence-electron chi connectivity index (χ3n) is 4.16. The molecule has 3 rings (SSSR count). The first kappa shape index (κ1) is 20.6. The Morgan fingerprint density at radius 3 is 2.52 bits per heavy atom. The van der Waals surface area contributed by atoms with Crippen LogP contribution in [0.4, 0.5) is 5.69 Å². The first-order chi connectivity index (χ1) is 13.8. The number of nitro groups is 1. The fourth-order valence-corrected chi connectivity index (χ4v) is 3.95. The molecule has 150 valence electrons. The van der Waals surface area contributed by atoms with Gasteiger partial charge < -0.3 is 14.6 Å². The quantitative estimate of drug-likeness (QED) is 0.319. The highest BCUT2D eigenvalue weighted by Gasteiger charge is 2.32. The molecule has 2 aromatic carbocycles.